The van der Waals surface area contributed by atoms with Crippen molar-refractivity contribution in [3.63, 3.8) is 0 Å². The molecule has 0 bridgehead atoms. The summed E-state index contributed by atoms with van der Waals surface area (Å²) in [5.74, 6) is -0.191. The first kappa shape index (κ1) is 21.4. The number of carbonyl (C=O) groups is 1. The maximum atomic E-state index is 13.0. The molecule has 1 amide bonds. The van der Waals surface area contributed by atoms with E-state index in [-0.39, 0.29) is 11.9 Å². The van der Waals surface area contributed by atoms with Crippen LogP contribution in [0.4, 0.5) is 0 Å². The molecule has 4 rings (SSSR count). The van der Waals surface area contributed by atoms with Crippen molar-refractivity contribution in [3.8, 4) is 0 Å². The van der Waals surface area contributed by atoms with Crippen LogP contribution in [0, 0.1) is 6.92 Å². The summed E-state index contributed by atoms with van der Waals surface area (Å²) in [4.78, 5) is 16.7. The molecule has 0 spiro atoms. The number of nitrogens with zero attached hydrogens (tertiary/aromatic N) is 3. The summed E-state index contributed by atoms with van der Waals surface area (Å²) in [6.07, 6.45) is 2.41. The van der Waals surface area contributed by atoms with Crippen LogP contribution in [0.2, 0.25) is 10.2 Å². The van der Waals surface area contributed by atoms with Gasteiger partial charge in [0.05, 0.1) is 23.8 Å². The van der Waals surface area contributed by atoms with E-state index in [0.29, 0.717) is 34.5 Å². The fraction of sp³-hybridized carbons (Fsp3) is 0.364. The van der Waals surface area contributed by atoms with Gasteiger partial charge < -0.3 is 5.32 Å². The van der Waals surface area contributed by atoms with Gasteiger partial charge in [-0.3, -0.25) is 9.69 Å². The van der Waals surface area contributed by atoms with E-state index in [1.54, 1.807) is 22.9 Å². The minimum Gasteiger partial charge on any atom is -0.350 e. The van der Waals surface area contributed by atoms with E-state index in [1.165, 1.54) is 17.7 Å². The van der Waals surface area contributed by atoms with Crippen LogP contribution >= 0.6 is 34.5 Å². The molecule has 1 aliphatic rings. The Morgan fingerprint density at radius 1 is 1.20 bits per heavy atom. The van der Waals surface area contributed by atoms with Gasteiger partial charge in [0.25, 0.3) is 5.91 Å². The van der Waals surface area contributed by atoms with Gasteiger partial charge in [-0.15, -0.1) is 11.3 Å². The molecule has 0 saturated carbocycles. The van der Waals surface area contributed by atoms with Crippen LogP contribution in [0.3, 0.4) is 0 Å². The predicted molar refractivity (Wildman–Crippen MR) is 123 cm³/mol. The van der Waals surface area contributed by atoms with Gasteiger partial charge in [0.2, 0.25) is 0 Å². The lowest BCUT2D eigenvalue weighted by atomic mass is 10.2. The third kappa shape index (κ3) is 4.57. The molecule has 2 aromatic heterocycles. The van der Waals surface area contributed by atoms with Crippen molar-refractivity contribution in [1.82, 2.24) is 20.0 Å². The second kappa shape index (κ2) is 9.52. The molecule has 30 heavy (non-hydrogen) atoms. The van der Waals surface area contributed by atoms with Gasteiger partial charge in [0.15, 0.2) is 0 Å². The largest absolute Gasteiger partial charge is 0.350 e. The number of aryl methyl sites for hydroxylation is 1. The van der Waals surface area contributed by atoms with Crippen LogP contribution in [0.25, 0.3) is 0 Å². The van der Waals surface area contributed by atoms with Crippen molar-refractivity contribution in [3.05, 3.63) is 73.7 Å². The molecule has 158 valence electrons. The van der Waals surface area contributed by atoms with E-state index >= 15 is 0 Å². The number of amides is 1. The molecule has 8 heteroatoms. The first-order valence-electron chi connectivity index (χ1n) is 10.1. The van der Waals surface area contributed by atoms with E-state index in [9.17, 15) is 4.79 Å². The monoisotopic (exact) mass is 462 g/mol. The first-order chi connectivity index (χ1) is 14.5. The van der Waals surface area contributed by atoms with Gasteiger partial charge in [-0.2, -0.15) is 5.10 Å². The Morgan fingerprint density at radius 3 is 2.67 bits per heavy atom. The Bertz CT molecular complexity index is 1010. The van der Waals surface area contributed by atoms with E-state index in [0.717, 1.165) is 18.7 Å². The van der Waals surface area contributed by atoms with Crippen molar-refractivity contribution in [2.45, 2.75) is 32.4 Å². The molecule has 1 unspecified atom stereocenters. The fourth-order valence-electron chi connectivity index (χ4n) is 3.93. The minimum absolute atomic E-state index is 0.189. The van der Waals surface area contributed by atoms with Crippen LogP contribution in [0.1, 0.15) is 45.4 Å². The second-order valence-electron chi connectivity index (χ2n) is 7.48. The van der Waals surface area contributed by atoms with E-state index in [2.05, 4.69) is 32.8 Å². The number of likely N-dealkylation sites (tertiary alicyclic amines) is 1. The average Bonchev–Trinajstić information content (AvgIpc) is 3.48. The Hall–Kier alpha value is -1.86. The second-order valence-corrected chi connectivity index (χ2v) is 9.23. The molecule has 0 aliphatic carbocycles. The molecule has 1 fully saturated rings. The highest BCUT2D eigenvalue weighted by Gasteiger charge is 2.26. The molecule has 1 aliphatic heterocycles. The number of hydrogen-bond acceptors (Lipinski definition) is 4. The fourth-order valence-corrected chi connectivity index (χ4v) is 5.30. The lowest BCUT2D eigenvalue weighted by molar-refractivity contribution is 0.0938. The quantitative estimate of drug-likeness (QED) is 0.526. The Balaban J connectivity index is 1.49. The molecular weight excluding hydrogens is 439 g/mol. The molecule has 0 radical (unpaired) electrons. The minimum atomic E-state index is -0.191. The normalized spacial score (nSPS) is 15.4. The zero-order valence-corrected chi connectivity index (χ0v) is 19.1. The zero-order valence-electron chi connectivity index (χ0n) is 16.8. The van der Waals surface area contributed by atoms with Crippen LogP contribution in [0.15, 0.2) is 41.8 Å². The van der Waals surface area contributed by atoms with Gasteiger partial charge in [0.1, 0.15) is 5.15 Å². The SMILES string of the molecule is Cc1nn(Cc2ccccc2Cl)c(Cl)c1C(=O)NCC(c1cccs1)N1CCCC1. The highest BCUT2D eigenvalue weighted by molar-refractivity contribution is 7.10. The molecule has 1 atom stereocenters. The van der Waals surface area contributed by atoms with Crippen LogP contribution < -0.4 is 5.32 Å². The number of hydrogen-bond donors (Lipinski definition) is 1. The Labute approximate surface area is 190 Å². The first-order valence-corrected chi connectivity index (χ1v) is 11.7. The standard InChI is InChI=1S/C22H24Cl2N4OS/c1-15-20(21(24)28(26-15)14-16-7-2-3-8-17(16)23)22(29)25-13-18(19-9-6-12-30-19)27-10-4-5-11-27/h2-3,6-9,12,18H,4-5,10-11,13-14H2,1H3,(H,25,29). The van der Waals surface area contributed by atoms with Crippen molar-refractivity contribution < 1.29 is 4.79 Å². The topological polar surface area (TPSA) is 50.2 Å². The molecule has 5 nitrogen and oxygen atoms in total. The van der Waals surface area contributed by atoms with Crippen molar-refractivity contribution in [2.75, 3.05) is 19.6 Å². The summed E-state index contributed by atoms with van der Waals surface area (Å²) >= 11 is 14.6. The number of aromatic nitrogens is 2. The summed E-state index contributed by atoms with van der Waals surface area (Å²) < 4.78 is 1.63. The Kier molecular flexibility index (Phi) is 6.78. The molecule has 3 heterocycles. The van der Waals surface area contributed by atoms with Gasteiger partial charge in [-0.1, -0.05) is 47.5 Å². The van der Waals surface area contributed by atoms with E-state index in [1.807, 2.05) is 24.3 Å². The molecule has 3 aromatic rings. The van der Waals surface area contributed by atoms with Crippen molar-refractivity contribution in [2.24, 2.45) is 0 Å². The van der Waals surface area contributed by atoms with E-state index < -0.39 is 0 Å². The highest BCUT2D eigenvalue weighted by atomic mass is 35.5. The number of rotatable bonds is 7. The van der Waals surface area contributed by atoms with Crippen LogP contribution in [-0.2, 0) is 6.54 Å². The Morgan fingerprint density at radius 2 is 1.97 bits per heavy atom. The van der Waals surface area contributed by atoms with Gasteiger partial charge in [-0.05, 0) is 55.9 Å². The number of benzene rings is 1. The third-order valence-electron chi connectivity index (χ3n) is 5.48. The lowest BCUT2D eigenvalue weighted by Crippen LogP contribution is -2.36. The third-order valence-corrected chi connectivity index (χ3v) is 7.21. The number of thiophene rings is 1. The number of halogens is 2. The van der Waals surface area contributed by atoms with Gasteiger partial charge in [0, 0.05) is 16.4 Å². The van der Waals surface area contributed by atoms with Crippen molar-refractivity contribution >= 4 is 40.4 Å². The molecule has 1 saturated heterocycles. The molecule has 1 N–H and O–H groups in total. The van der Waals surface area contributed by atoms with Gasteiger partial charge >= 0.3 is 0 Å². The van der Waals surface area contributed by atoms with Gasteiger partial charge in [-0.25, -0.2) is 4.68 Å². The van der Waals surface area contributed by atoms with Crippen LogP contribution in [-0.4, -0.2) is 40.2 Å². The average molecular weight is 463 g/mol. The summed E-state index contributed by atoms with van der Waals surface area (Å²) in [5, 5.41) is 10.6. The van der Waals surface area contributed by atoms with Crippen LogP contribution in [0.5, 0.6) is 0 Å². The summed E-state index contributed by atoms with van der Waals surface area (Å²) in [6, 6.07) is 11.9. The summed E-state index contributed by atoms with van der Waals surface area (Å²) in [5.41, 5.74) is 1.94. The lowest BCUT2D eigenvalue weighted by Gasteiger charge is -2.26. The smallest absolute Gasteiger partial charge is 0.256 e. The molecule has 1 aromatic carbocycles. The van der Waals surface area contributed by atoms with E-state index in [4.69, 9.17) is 23.2 Å². The maximum absolute atomic E-state index is 13.0. The predicted octanol–water partition coefficient (Wildman–Crippen LogP) is 5.18. The number of carbonyl (C=O) groups excluding carboxylic acids is 1. The zero-order chi connectivity index (χ0) is 21.1. The van der Waals surface area contributed by atoms with Crippen molar-refractivity contribution in [1.29, 1.82) is 0 Å². The summed E-state index contributed by atoms with van der Waals surface area (Å²) in [6.45, 7) is 4.89. The maximum Gasteiger partial charge on any atom is 0.256 e. The number of nitrogens with one attached hydrogen (secondary N) is 1. The highest BCUT2D eigenvalue weighted by Crippen LogP contribution is 2.28. The molecular formula is C22H24Cl2N4OS. The summed E-state index contributed by atoms with van der Waals surface area (Å²) in [7, 11) is 0.